The second-order valence-corrected chi connectivity index (χ2v) is 26.6. The summed E-state index contributed by atoms with van der Waals surface area (Å²) in [5, 5.41) is 54.5. The molecule has 36 N–H and O–H groups in total. The lowest BCUT2D eigenvalue weighted by molar-refractivity contribution is -0.163. The van der Waals surface area contributed by atoms with Gasteiger partial charge in [0.2, 0.25) is 11.8 Å². The maximum atomic E-state index is 11.8. The number of hydrogen-bond donors (Lipinski definition) is 23. The number of H-pyrrole nitrogens is 1. The van der Waals surface area contributed by atoms with Gasteiger partial charge in [-0.25, -0.2) is 19.2 Å². The maximum absolute atomic E-state index is 11.8. The third-order valence-corrected chi connectivity index (χ3v) is 15.9. The van der Waals surface area contributed by atoms with Gasteiger partial charge in [-0.1, -0.05) is 109 Å². The zero-order valence-electron chi connectivity index (χ0n) is 65.1. The van der Waals surface area contributed by atoms with Crippen molar-refractivity contribution in [1.82, 2.24) is 10.3 Å². The number of thiol groups is 1. The summed E-state index contributed by atoms with van der Waals surface area (Å²) in [4.78, 5) is 165. The third kappa shape index (κ3) is 49.7. The predicted octanol–water partition coefficient (Wildman–Crippen LogP) is -3.74. The van der Waals surface area contributed by atoms with Crippen LogP contribution in [0.1, 0.15) is 110 Å². The smallest absolute Gasteiger partial charge is 0.330 e. The fourth-order valence-corrected chi connectivity index (χ4v) is 8.35. The SMILES string of the molecule is CC(C)C[C@H](N)C(=O)OC(=O)CN.CC(C)[C@H](N)C(=O)OC(=O)[C@@H](N)Cc1ccccc1.CC[C@H](C)[C@H](N)C(=O)O[C@H](C)[C@H](N)C(=O)OC[C@H](N)C(=O)O.NC(=O)CC[C@H](N)C(=O)O.NC(=O)C[C@H](N)C(=O)Oc1ccc(C[C@H](N)C(=O)O)cc1.N[C@@H](CS)C(=O)O.N[C@@H](Cc1c[nH]c2ccccc12)C(=O)O.O=C(O)[C@@H]1CCCN1. The molecule has 3 aromatic carbocycles. The Morgan fingerprint density at radius 3 is 1.47 bits per heavy atom. The number of rotatable bonds is 35. The number of carboxylic acids is 6. The Hall–Kier alpha value is -10.5. The molecule has 2 amide bonds. The van der Waals surface area contributed by atoms with E-state index in [9.17, 15) is 71.9 Å². The number of carboxylic acid groups (broad SMARTS) is 6. The van der Waals surface area contributed by atoms with Crippen LogP contribution in [0.4, 0.5) is 0 Å². The van der Waals surface area contributed by atoms with Gasteiger partial charge in [-0.3, -0.25) is 52.7 Å². The molecule has 1 saturated heterocycles. The molecular formula is C72H116N16O26S. The summed E-state index contributed by atoms with van der Waals surface area (Å²) < 4.78 is 23.7. The Bertz CT molecular complexity index is 3690. The summed E-state index contributed by atoms with van der Waals surface area (Å²) in [5.74, 6) is -12.2. The number of aliphatic carboxylic acids is 6. The predicted molar refractivity (Wildman–Crippen MR) is 420 cm³/mol. The normalized spacial score (nSPS) is 15.1. The molecule has 0 spiro atoms. The number of nitrogens with one attached hydrogen (secondary N) is 2. The van der Waals surface area contributed by atoms with Crippen LogP contribution >= 0.6 is 12.6 Å². The first kappa shape index (κ1) is 109. The number of ether oxygens (including phenoxy) is 5. The van der Waals surface area contributed by atoms with Gasteiger partial charge < -0.3 is 145 Å². The number of carbonyl (C=O) groups is 15. The minimum Gasteiger partial charge on any atom is -0.480 e. The van der Waals surface area contributed by atoms with Crippen LogP contribution in [0.25, 0.3) is 10.9 Å². The zero-order chi connectivity index (χ0) is 89.1. The van der Waals surface area contributed by atoms with Crippen molar-refractivity contribution in [3.8, 4) is 5.75 Å². The van der Waals surface area contributed by atoms with Crippen molar-refractivity contribution >= 4 is 113 Å². The first-order valence-corrected chi connectivity index (χ1v) is 36.2. The average molecular weight is 1650 g/mol. The number of nitrogens with two attached hydrogens (primary N) is 14. The van der Waals surface area contributed by atoms with Crippen molar-refractivity contribution in [2.75, 3.05) is 25.4 Å². The first-order valence-electron chi connectivity index (χ1n) is 35.6. The minimum atomic E-state index is -1.34. The molecule has 4 aromatic rings. The van der Waals surface area contributed by atoms with E-state index in [2.05, 4.69) is 37.1 Å². The first-order chi connectivity index (χ1) is 53.5. The monoisotopic (exact) mass is 1650 g/mol. The Kier molecular flexibility index (Phi) is 55.9. The molecule has 646 valence electrons. The van der Waals surface area contributed by atoms with Crippen molar-refractivity contribution in [3.05, 3.63) is 102 Å². The largest absolute Gasteiger partial charge is 0.480 e. The fourth-order valence-electron chi connectivity index (χ4n) is 8.20. The van der Waals surface area contributed by atoms with Crippen LogP contribution in [0.2, 0.25) is 0 Å². The molecule has 14 atom stereocenters. The third-order valence-electron chi connectivity index (χ3n) is 15.5. The number of benzene rings is 3. The van der Waals surface area contributed by atoms with Crippen molar-refractivity contribution in [3.63, 3.8) is 0 Å². The molecule has 0 aliphatic carbocycles. The van der Waals surface area contributed by atoms with Gasteiger partial charge in [-0.15, -0.1) is 0 Å². The van der Waals surface area contributed by atoms with Gasteiger partial charge in [-0.05, 0) is 105 Å². The number of para-hydroxylation sites is 1. The number of primary amides is 2. The Morgan fingerprint density at radius 2 is 1.03 bits per heavy atom. The van der Waals surface area contributed by atoms with Crippen LogP contribution in [-0.4, -0.2) is 229 Å². The second-order valence-electron chi connectivity index (χ2n) is 26.3. The molecule has 2 heterocycles. The van der Waals surface area contributed by atoms with E-state index in [0.29, 0.717) is 31.2 Å². The summed E-state index contributed by atoms with van der Waals surface area (Å²) in [6.45, 7) is 12.6. The van der Waals surface area contributed by atoms with Crippen LogP contribution in [0.5, 0.6) is 5.75 Å². The fraction of sp³-hybridized carbons (Fsp3) is 0.514. The van der Waals surface area contributed by atoms with E-state index in [-0.39, 0.29) is 67.5 Å². The van der Waals surface area contributed by atoms with Gasteiger partial charge in [0.15, 0.2) is 0 Å². The standard InChI is InChI=1S/C14H20N2O3.C13H25N3O6.C13H17N3O5.C11H12N2O2.C8H16N2O3.C5H10N2O3.C5H9NO2.C3H7NO2S/c1-9(2)12(16)14(18)19-13(17)11(15)8-10-6-4-3-5-7-10;1-4-6(2)9(15)13(20)22-7(3)10(16)12(19)21-5-8(14)11(17)18;14-9(12(18)19)5-7-1-3-8(4-2-7)21-13(20)10(15)6-11(16)17;12-9(11(14)15)5-7-6-13-10-4-2-1-3-8(7)10;1-5(2)3-6(10)8(12)13-7(11)4-9;6-3(5(9)10)1-2-4(7)8;7-5(8)4-2-1-3-6-4;4-2(1-7)3(5)6/h3-7,9,11-12H,8,15-16H2,1-2H3;6-10H,4-5,14-16H2,1-3H3,(H,17,18);1-4,9-10H,5-6,14-15H2,(H2,16,17)(H,18,19);1-4,6,9,13H,5,12H2,(H,14,15);5-6H,3-4,9-10H2,1-2H3;3H,1-2,6H2,(H2,7,8)(H,9,10);4,6H,1-3H2,(H,7,8);2,7H,1,4H2,(H,5,6)/t11-,12-;6-,7+,8-,9-,10-;9-,10-;9-;6-;3-;4-;2-/m00000000/s1. The molecule has 1 aliphatic heterocycles. The number of aromatic nitrogens is 1. The Morgan fingerprint density at radius 1 is 0.522 bits per heavy atom. The van der Waals surface area contributed by atoms with Gasteiger partial charge in [0.05, 0.1) is 13.0 Å². The van der Waals surface area contributed by atoms with E-state index in [4.69, 9.17) is 120 Å². The quantitative estimate of drug-likeness (QED) is 0.00692. The number of aromatic amines is 1. The highest BCUT2D eigenvalue weighted by molar-refractivity contribution is 7.80. The molecule has 115 heavy (non-hydrogen) atoms. The van der Waals surface area contributed by atoms with Crippen LogP contribution in [-0.2, 0) is 110 Å². The molecule has 43 heteroatoms. The average Bonchev–Trinajstić information content (AvgIpc) is 1.69. The molecule has 1 aromatic heterocycles. The molecule has 1 fully saturated rings. The number of amides is 2. The zero-order valence-corrected chi connectivity index (χ0v) is 66.0. The van der Waals surface area contributed by atoms with Crippen LogP contribution in [0.3, 0.4) is 0 Å². The number of carbonyl (C=O) groups excluding carboxylic acids is 9. The molecule has 0 saturated carbocycles. The number of hydrogen-bond acceptors (Lipinski definition) is 34. The van der Waals surface area contributed by atoms with E-state index >= 15 is 0 Å². The van der Waals surface area contributed by atoms with E-state index in [1.165, 1.54) is 19.1 Å². The van der Waals surface area contributed by atoms with Crippen molar-refractivity contribution in [2.45, 2.75) is 191 Å². The van der Waals surface area contributed by atoms with Crippen molar-refractivity contribution in [2.24, 2.45) is 98.0 Å². The van der Waals surface area contributed by atoms with Crippen LogP contribution in [0, 0.1) is 17.8 Å². The van der Waals surface area contributed by atoms with Crippen molar-refractivity contribution < 1.29 is 126 Å². The molecule has 0 bridgehead atoms. The summed E-state index contributed by atoms with van der Waals surface area (Å²) in [6.07, 6.45) is 4.48. The van der Waals surface area contributed by atoms with Gasteiger partial charge in [-0.2, -0.15) is 12.6 Å². The minimum absolute atomic E-state index is 0.0213. The molecule has 5 rings (SSSR count). The Balaban J connectivity index is -0.00000128. The maximum Gasteiger partial charge on any atom is 0.330 e. The summed E-state index contributed by atoms with van der Waals surface area (Å²) in [7, 11) is 0. The molecule has 42 nitrogen and oxygen atoms in total. The number of esters is 7. The van der Waals surface area contributed by atoms with Gasteiger partial charge in [0.1, 0.15) is 91.0 Å². The second kappa shape index (κ2) is 59.2. The highest BCUT2D eigenvalue weighted by Gasteiger charge is 2.31. The number of fused-ring (bicyclic) bond motifs is 1. The van der Waals surface area contributed by atoms with Gasteiger partial charge in [0, 0.05) is 35.7 Å². The lowest BCUT2D eigenvalue weighted by atomic mass is 10.0. The molecule has 0 radical (unpaired) electrons. The lowest BCUT2D eigenvalue weighted by Gasteiger charge is -2.23. The lowest BCUT2D eigenvalue weighted by Crippen LogP contribution is -2.48. The highest BCUT2D eigenvalue weighted by atomic mass is 32.1. The van der Waals surface area contributed by atoms with E-state index in [1.807, 2.05) is 81.6 Å². The van der Waals surface area contributed by atoms with E-state index < -0.39 is 169 Å². The summed E-state index contributed by atoms with van der Waals surface area (Å²) in [6, 6.07) is 12.3. The summed E-state index contributed by atoms with van der Waals surface area (Å²) >= 11 is 3.65. The Labute approximate surface area is 669 Å². The van der Waals surface area contributed by atoms with E-state index in [0.717, 1.165) is 41.4 Å². The molecule has 1 aliphatic rings. The molecule has 0 unspecified atom stereocenters. The molecular weight excluding hydrogens is 1540 g/mol. The topological polar surface area (TPSA) is 816 Å². The van der Waals surface area contributed by atoms with Crippen LogP contribution < -0.4 is 90.3 Å². The highest BCUT2D eigenvalue weighted by Crippen LogP contribution is 2.19. The van der Waals surface area contributed by atoms with Crippen molar-refractivity contribution in [1.29, 1.82) is 0 Å². The van der Waals surface area contributed by atoms with E-state index in [1.54, 1.807) is 32.9 Å². The van der Waals surface area contributed by atoms with Gasteiger partial charge in [0.25, 0.3) is 0 Å². The summed E-state index contributed by atoms with van der Waals surface area (Å²) in [5.41, 5.74) is 77.8. The van der Waals surface area contributed by atoms with Crippen LogP contribution in [0.15, 0.2) is 85.1 Å². The van der Waals surface area contributed by atoms with Gasteiger partial charge >= 0.3 is 77.6 Å².